The van der Waals surface area contributed by atoms with Crippen molar-refractivity contribution in [2.75, 3.05) is 7.11 Å². The van der Waals surface area contributed by atoms with E-state index < -0.39 is 0 Å². The van der Waals surface area contributed by atoms with Crippen molar-refractivity contribution < 1.29 is 4.74 Å². The highest BCUT2D eigenvalue weighted by Gasteiger charge is 2.34. The highest BCUT2D eigenvalue weighted by atomic mass is 16.5. The number of nitrogens with one attached hydrogen (secondary N) is 2. The van der Waals surface area contributed by atoms with Crippen molar-refractivity contribution in [3.8, 4) is 0 Å². The molecule has 4 heteroatoms. The minimum Gasteiger partial charge on any atom is -0.373 e. The highest BCUT2D eigenvalue weighted by Crippen LogP contribution is 2.41. The Morgan fingerprint density at radius 2 is 2.31 bits per heavy atom. The summed E-state index contributed by atoms with van der Waals surface area (Å²) < 4.78 is 5.50. The molecule has 88 valence electrons. The second kappa shape index (κ2) is 4.18. The Hall–Kier alpha value is -0.870. The van der Waals surface area contributed by atoms with Gasteiger partial charge in [0.15, 0.2) is 0 Å². The van der Waals surface area contributed by atoms with Crippen LogP contribution in [0, 0.1) is 5.92 Å². The monoisotopic (exact) mass is 221 g/mol. The van der Waals surface area contributed by atoms with E-state index in [1.165, 1.54) is 31.4 Å². The van der Waals surface area contributed by atoms with E-state index in [-0.39, 0.29) is 6.10 Å². The lowest BCUT2D eigenvalue weighted by atomic mass is 10.2. The van der Waals surface area contributed by atoms with Crippen LogP contribution in [0.2, 0.25) is 0 Å². The molecule has 2 fully saturated rings. The van der Waals surface area contributed by atoms with Crippen molar-refractivity contribution in [1.29, 1.82) is 0 Å². The van der Waals surface area contributed by atoms with Gasteiger partial charge in [-0.05, 0) is 31.6 Å². The molecular formula is C12H19N3O. The number of aromatic amines is 1. The molecule has 1 aromatic rings. The molecule has 3 rings (SSSR count). The average molecular weight is 221 g/mol. The van der Waals surface area contributed by atoms with Crippen LogP contribution in [0.5, 0.6) is 0 Å². The summed E-state index contributed by atoms with van der Waals surface area (Å²) in [6.07, 6.45) is 7.30. The van der Waals surface area contributed by atoms with E-state index >= 15 is 0 Å². The van der Waals surface area contributed by atoms with E-state index in [0.29, 0.717) is 5.92 Å². The number of hydrogen-bond acceptors (Lipinski definition) is 3. The Kier molecular flexibility index (Phi) is 2.69. The normalized spacial score (nSPS) is 22.3. The number of nitrogens with zero attached hydrogens (tertiary/aromatic N) is 1. The summed E-state index contributed by atoms with van der Waals surface area (Å²) in [5, 5.41) is 3.48. The van der Waals surface area contributed by atoms with Gasteiger partial charge in [0.1, 0.15) is 11.9 Å². The molecule has 0 aliphatic heterocycles. The van der Waals surface area contributed by atoms with Gasteiger partial charge >= 0.3 is 0 Å². The van der Waals surface area contributed by atoms with Crippen LogP contribution in [0.3, 0.4) is 0 Å². The number of ether oxygens (including phenoxy) is 1. The van der Waals surface area contributed by atoms with Crippen molar-refractivity contribution in [3.05, 3.63) is 17.7 Å². The van der Waals surface area contributed by atoms with E-state index in [9.17, 15) is 0 Å². The predicted octanol–water partition coefficient (Wildman–Crippen LogP) is 1.76. The first-order chi connectivity index (χ1) is 7.86. The molecule has 1 unspecified atom stereocenters. The fraction of sp³-hybridized carbons (Fsp3) is 0.750. The summed E-state index contributed by atoms with van der Waals surface area (Å²) in [6, 6.07) is 0.744. The van der Waals surface area contributed by atoms with E-state index in [4.69, 9.17) is 4.74 Å². The summed E-state index contributed by atoms with van der Waals surface area (Å²) in [6.45, 7) is 0.902. The molecule has 0 bridgehead atoms. The van der Waals surface area contributed by atoms with E-state index in [1.807, 2.05) is 6.20 Å². The SMILES string of the molecule is COC(c1ncc(CNC2CC2)[nH]1)C1CC1. The van der Waals surface area contributed by atoms with Crippen molar-refractivity contribution in [3.63, 3.8) is 0 Å². The predicted molar refractivity (Wildman–Crippen MR) is 60.9 cm³/mol. The van der Waals surface area contributed by atoms with Crippen LogP contribution in [0.15, 0.2) is 6.20 Å². The van der Waals surface area contributed by atoms with Crippen LogP contribution in [0.25, 0.3) is 0 Å². The lowest BCUT2D eigenvalue weighted by Gasteiger charge is -2.10. The number of imidazole rings is 1. The maximum atomic E-state index is 5.50. The molecule has 2 aliphatic carbocycles. The van der Waals surface area contributed by atoms with Gasteiger partial charge in [0, 0.05) is 31.6 Å². The molecule has 0 saturated heterocycles. The van der Waals surface area contributed by atoms with Crippen LogP contribution < -0.4 is 5.32 Å². The van der Waals surface area contributed by atoms with Crippen molar-refractivity contribution in [2.45, 2.75) is 44.4 Å². The first kappa shape index (κ1) is 10.3. The largest absolute Gasteiger partial charge is 0.373 e. The fourth-order valence-electron chi connectivity index (χ4n) is 2.08. The van der Waals surface area contributed by atoms with Crippen LogP contribution in [0.1, 0.15) is 43.3 Å². The van der Waals surface area contributed by atoms with Gasteiger partial charge in [0.2, 0.25) is 0 Å². The quantitative estimate of drug-likeness (QED) is 0.769. The second-order valence-corrected chi connectivity index (χ2v) is 4.94. The lowest BCUT2D eigenvalue weighted by molar-refractivity contribution is 0.0778. The number of aromatic nitrogens is 2. The molecule has 1 aromatic heterocycles. The minimum atomic E-state index is 0.176. The zero-order valence-corrected chi connectivity index (χ0v) is 9.70. The molecular weight excluding hydrogens is 202 g/mol. The first-order valence-electron chi connectivity index (χ1n) is 6.17. The molecule has 2 saturated carbocycles. The third kappa shape index (κ3) is 2.28. The summed E-state index contributed by atoms with van der Waals surface area (Å²) in [5.74, 6) is 1.68. The number of methoxy groups -OCH3 is 1. The molecule has 0 radical (unpaired) electrons. The summed E-state index contributed by atoms with van der Waals surface area (Å²) in [4.78, 5) is 7.80. The molecule has 0 aromatic carbocycles. The molecule has 0 amide bonds. The third-order valence-electron chi connectivity index (χ3n) is 3.38. The Bertz CT molecular complexity index is 355. The lowest BCUT2D eigenvalue weighted by Crippen LogP contribution is -2.15. The number of hydrogen-bond donors (Lipinski definition) is 2. The van der Waals surface area contributed by atoms with E-state index in [1.54, 1.807) is 7.11 Å². The second-order valence-electron chi connectivity index (χ2n) is 4.94. The van der Waals surface area contributed by atoms with Crippen LogP contribution in [-0.4, -0.2) is 23.1 Å². The highest BCUT2D eigenvalue weighted by molar-refractivity contribution is 5.07. The van der Waals surface area contributed by atoms with Crippen LogP contribution in [-0.2, 0) is 11.3 Å². The average Bonchev–Trinajstić information content (AvgIpc) is 3.18. The smallest absolute Gasteiger partial charge is 0.135 e. The third-order valence-corrected chi connectivity index (χ3v) is 3.38. The van der Waals surface area contributed by atoms with E-state index in [2.05, 4.69) is 15.3 Å². The molecule has 1 atom stereocenters. The maximum Gasteiger partial charge on any atom is 0.135 e. The van der Waals surface area contributed by atoms with Gasteiger partial charge in [0.05, 0.1) is 0 Å². The van der Waals surface area contributed by atoms with Crippen molar-refractivity contribution in [1.82, 2.24) is 15.3 Å². The van der Waals surface area contributed by atoms with Gasteiger partial charge in [-0.15, -0.1) is 0 Å². The molecule has 2 N–H and O–H groups in total. The van der Waals surface area contributed by atoms with Gasteiger partial charge in [0.25, 0.3) is 0 Å². The van der Waals surface area contributed by atoms with Gasteiger partial charge in [-0.25, -0.2) is 4.98 Å². The zero-order chi connectivity index (χ0) is 11.0. The topological polar surface area (TPSA) is 49.9 Å². The Balaban J connectivity index is 1.60. The fourth-order valence-corrected chi connectivity index (χ4v) is 2.08. The summed E-state index contributed by atoms with van der Waals surface area (Å²) in [7, 11) is 1.77. The standard InChI is InChI=1S/C12H19N3O/c1-16-11(8-2-3-8)12-14-7-10(15-12)6-13-9-4-5-9/h7-9,11,13H,2-6H2,1H3,(H,14,15). The van der Waals surface area contributed by atoms with Gasteiger partial charge in [-0.1, -0.05) is 0 Å². The minimum absolute atomic E-state index is 0.176. The van der Waals surface area contributed by atoms with Crippen LogP contribution >= 0.6 is 0 Å². The van der Waals surface area contributed by atoms with E-state index in [0.717, 1.165) is 18.4 Å². The van der Waals surface area contributed by atoms with Crippen LogP contribution in [0.4, 0.5) is 0 Å². The van der Waals surface area contributed by atoms with Gasteiger partial charge in [-0.2, -0.15) is 0 Å². The summed E-state index contributed by atoms with van der Waals surface area (Å²) >= 11 is 0. The summed E-state index contributed by atoms with van der Waals surface area (Å²) in [5.41, 5.74) is 1.17. The Morgan fingerprint density at radius 3 is 2.94 bits per heavy atom. The van der Waals surface area contributed by atoms with Gasteiger partial charge in [-0.3, -0.25) is 0 Å². The Labute approximate surface area is 95.8 Å². The molecule has 16 heavy (non-hydrogen) atoms. The molecule has 4 nitrogen and oxygen atoms in total. The van der Waals surface area contributed by atoms with Gasteiger partial charge < -0.3 is 15.0 Å². The maximum absolute atomic E-state index is 5.50. The molecule has 2 aliphatic rings. The first-order valence-corrected chi connectivity index (χ1v) is 6.17. The zero-order valence-electron chi connectivity index (χ0n) is 9.70. The van der Waals surface area contributed by atoms with Crippen molar-refractivity contribution >= 4 is 0 Å². The molecule has 0 spiro atoms. The number of rotatable bonds is 6. The van der Waals surface area contributed by atoms with Crippen molar-refractivity contribution in [2.24, 2.45) is 5.92 Å². The number of H-pyrrole nitrogens is 1. The molecule has 1 heterocycles. The Morgan fingerprint density at radius 1 is 1.50 bits per heavy atom.